The first-order chi connectivity index (χ1) is 9.49. The number of benzene rings is 1. The summed E-state index contributed by atoms with van der Waals surface area (Å²) in [5.41, 5.74) is 0.178. The molecule has 0 aliphatic heterocycles. The van der Waals surface area contributed by atoms with Gasteiger partial charge in [-0.2, -0.15) is 0 Å². The Balaban J connectivity index is 1.98. The highest BCUT2D eigenvalue weighted by atomic mass is 19.1. The van der Waals surface area contributed by atoms with Gasteiger partial charge in [-0.3, -0.25) is 4.79 Å². The molecular formula is C17H19FO2. The van der Waals surface area contributed by atoms with E-state index in [0.29, 0.717) is 11.1 Å². The third-order valence-electron chi connectivity index (χ3n) is 4.56. The minimum Gasteiger partial charge on any atom is -0.450 e. The van der Waals surface area contributed by atoms with E-state index in [1.54, 1.807) is 18.2 Å². The topological polar surface area (TPSA) is 30.2 Å². The summed E-state index contributed by atoms with van der Waals surface area (Å²) in [6.45, 7) is 4.27. The van der Waals surface area contributed by atoms with Gasteiger partial charge in [-0.1, -0.05) is 38.8 Å². The molecule has 1 fully saturated rings. The molecule has 3 rings (SSSR count). The first-order valence-corrected chi connectivity index (χ1v) is 7.21. The lowest BCUT2D eigenvalue weighted by molar-refractivity contribution is 0.0670. The van der Waals surface area contributed by atoms with E-state index < -0.39 is 5.82 Å². The molecule has 2 aromatic rings. The zero-order valence-corrected chi connectivity index (χ0v) is 11.9. The lowest BCUT2D eigenvalue weighted by Gasteiger charge is -2.37. The van der Waals surface area contributed by atoms with E-state index >= 15 is 0 Å². The molecule has 0 amide bonds. The Morgan fingerprint density at radius 3 is 2.85 bits per heavy atom. The van der Waals surface area contributed by atoms with Crippen molar-refractivity contribution in [2.24, 2.45) is 11.3 Å². The Labute approximate surface area is 118 Å². The van der Waals surface area contributed by atoms with Gasteiger partial charge in [0.05, 0.1) is 0 Å². The summed E-state index contributed by atoms with van der Waals surface area (Å²) in [7, 11) is 0. The van der Waals surface area contributed by atoms with Gasteiger partial charge in [0.2, 0.25) is 5.78 Å². The number of hydrogen-bond donors (Lipinski definition) is 0. The third-order valence-corrected chi connectivity index (χ3v) is 4.56. The maximum Gasteiger partial charge on any atom is 0.201 e. The van der Waals surface area contributed by atoms with Crippen molar-refractivity contribution in [2.75, 3.05) is 0 Å². The number of ketones is 1. The first-order valence-electron chi connectivity index (χ1n) is 7.21. The second-order valence-corrected chi connectivity index (χ2v) is 6.42. The first kappa shape index (κ1) is 13.3. The number of fused-ring (bicyclic) bond motifs is 1. The van der Waals surface area contributed by atoms with Gasteiger partial charge in [0.1, 0.15) is 0 Å². The Morgan fingerprint density at radius 2 is 2.15 bits per heavy atom. The molecule has 20 heavy (non-hydrogen) atoms. The minimum atomic E-state index is -0.413. The number of halogens is 1. The molecule has 3 heteroatoms. The number of carbonyl (C=O) groups excluding carboxylic acids is 1. The zero-order chi connectivity index (χ0) is 14.3. The summed E-state index contributed by atoms with van der Waals surface area (Å²) in [6.07, 6.45) is 4.20. The molecule has 1 aromatic heterocycles. The van der Waals surface area contributed by atoms with Crippen molar-refractivity contribution < 1.29 is 13.6 Å². The van der Waals surface area contributed by atoms with Crippen LogP contribution in [0.2, 0.25) is 0 Å². The largest absolute Gasteiger partial charge is 0.450 e. The Morgan fingerprint density at radius 1 is 1.35 bits per heavy atom. The molecular weight excluding hydrogens is 255 g/mol. The summed E-state index contributed by atoms with van der Waals surface area (Å²) in [5.74, 6) is -0.125. The maximum absolute atomic E-state index is 13.7. The highest BCUT2D eigenvalue weighted by Crippen LogP contribution is 2.42. The van der Waals surface area contributed by atoms with Gasteiger partial charge < -0.3 is 4.42 Å². The number of furan rings is 1. The summed E-state index contributed by atoms with van der Waals surface area (Å²) in [5, 5.41) is 0.655. The highest BCUT2D eigenvalue weighted by Gasteiger charge is 2.38. The van der Waals surface area contributed by atoms with Gasteiger partial charge in [0.15, 0.2) is 17.2 Å². The van der Waals surface area contributed by atoms with Crippen LogP contribution in [0.25, 0.3) is 11.0 Å². The summed E-state index contributed by atoms with van der Waals surface area (Å²) in [6, 6.07) is 6.42. The van der Waals surface area contributed by atoms with E-state index in [2.05, 4.69) is 13.8 Å². The maximum atomic E-state index is 13.7. The van der Waals surface area contributed by atoms with Crippen LogP contribution in [0.5, 0.6) is 0 Å². The fourth-order valence-electron chi connectivity index (χ4n) is 3.30. The molecule has 0 N–H and O–H groups in total. The van der Waals surface area contributed by atoms with E-state index in [1.807, 2.05) is 0 Å². The Bertz CT molecular complexity index is 654. The summed E-state index contributed by atoms with van der Waals surface area (Å²) >= 11 is 0. The fourth-order valence-corrected chi connectivity index (χ4v) is 3.30. The molecule has 1 aliphatic carbocycles. The van der Waals surface area contributed by atoms with E-state index in [4.69, 9.17) is 4.42 Å². The number of Topliss-reactive ketones (excluding diaryl/α,β-unsaturated/α-hetero) is 1. The van der Waals surface area contributed by atoms with Gasteiger partial charge in [-0.15, -0.1) is 0 Å². The normalized spacial score (nSPS) is 22.1. The zero-order valence-electron chi connectivity index (χ0n) is 11.9. The molecule has 1 unspecified atom stereocenters. The molecule has 0 saturated heterocycles. The van der Waals surface area contributed by atoms with Gasteiger partial charge in [0, 0.05) is 11.3 Å². The lowest BCUT2D eigenvalue weighted by Crippen LogP contribution is -2.33. The second-order valence-electron chi connectivity index (χ2n) is 6.42. The molecule has 0 spiro atoms. The van der Waals surface area contributed by atoms with Crippen LogP contribution in [0.15, 0.2) is 28.7 Å². The van der Waals surface area contributed by atoms with Gasteiger partial charge in [-0.05, 0) is 30.4 Å². The second kappa shape index (κ2) is 4.72. The van der Waals surface area contributed by atoms with E-state index in [1.165, 1.54) is 12.5 Å². The number of carbonyl (C=O) groups is 1. The molecule has 2 nitrogen and oxygen atoms in total. The van der Waals surface area contributed by atoms with Crippen molar-refractivity contribution in [3.05, 3.63) is 35.8 Å². The third kappa shape index (κ3) is 2.15. The van der Waals surface area contributed by atoms with Crippen molar-refractivity contribution in [3.63, 3.8) is 0 Å². The van der Waals surface area contributed by atoms with Crippen LogP contribution in [0.4, 0.5) is 4.39 Å². The van der Waals surface area contributed by atoms with Crippen LogP contribution in [-0.2, 0) is 0 Å². The molecule has 0 bridgehead atoms. The standard InChI is InChI=1S/C17H19FO2/c1-17(2)9-4-3-7-12(17)15(19)14-10-11-6-5-8-13(18)16(11)20-14/h5-6,8,10,12H,3-4,7,9H2,1-2H3. The quantitative estimate of drug-likeness (QED) is 0.724. The van der Waals surface area contributed by atoms with Crippen LogP contribution >= 0.6 is 0 Å². The average Bonchev–Trinajstić information content (AvgIpc) is 2.83. The van der Waals surface area contributed by atoms with Crippen molar-refractivity contribution in [2.45, 2.75) is 39.5 Å². The highest BCUT2D eigenvalue weighted by molar-refractivity contribution is 5.99. The van der Waals surface area contributed by atoms with E-state index in [0.717, 1.165) is 19.3 Å². The van der Waals surface area contributed by atoms with Crippen LogP contribution in [0.1, 0.15) is 50.1 Å². The molecule has 0 radical (unpaired) electrons. The SMILES string of the molecule is CC1(C)CCCCC1C(=O)c1cc2cccc(F)c2o1. The van der Waals surface area contributed by atoms with E-state index in [-0.39, 0.29) is 22.7 Å². The van der Waals surface area contributed by atoms with Crippen LogP contribution in [0.3, 0.4) is 0 Å². The van der Waals surface area contributed by atoms with Gasteiger partial charge >= 0.3 is 0 Å². The smallest absolute Gasteiger partial charge is 0.201 e. The van der Waals surface area contributed by atoms with Crippen molar-refractivity contribution in [1.29, 1.82) is 0 Å². The predicted octanol–water partition coefficient (Wildman–Crippen LogP) is 4.97. The van der Waals surface area contributed by atoms with Gasteiger partial charge in [-0.25, -0.2) is 4.39 Å². The molecule has 106 valence electrons. The molecule has 1 aromatic carbocycles. The number of para-hydroxylation sites is 1. The van der Waals surface area contributed by atoms with Gasteiger partial charge in [0.25, 0.3) is 0 Å². The van der Waals surface area contributed by atoms with Crippen LogP contribution < -0.4 is 0 Å². The Kier molecular flexibility index (Phi) is 3.15. The molecule has 1 heterocycles. The molecule has 1 aliphatic rings. The Hall–Kier alpha value is -1.64. The lowest BCUT2D eigenvalue weighted by atomic mass is 9.67. The van der Waals surface area contributed by atoms with Crippen molar-refractivity contribution in [1.82, 2.24) is 0 Å². The van der Waals surface area contributed by atoms with Crippen molar-refractivity contribution >= 4 is 16.8 Å². The predicted molar refractivity (Wildman–Crippen MR) is 76.2 cm³/mol. The molecule has 1 atom stereocenters. The van der Waals surface area contributed by atoms with Crippen molar-refractivity contribution in [3.8, 4) is 0 Å². The molecule has 1 saturated carbocycles. The summed E-state index contributed by atoms with van der Waals surface area (Å²) in [4.78, 5) is 12.7. The monoisotopic (exact) mass is 274 g/mol. The summed E-state index contributed by atoms with van der Waals surface area (Å²) < 4.78 is 19.1. The van der Waals surface area contributed by atoms with Crippen LogP contribution in [0, 0.1) is 17.2 Å². The number of hydrogen-bond acceptors (Lipinski definition) is 2. The fraction of sp³-hybridized carbons (Fsp3) is 0.471. The van der Waals surface area contributed by atoms with E-state index in [9.17, 15) is 9.18 Å². The number of rotatable bonds is 2. The van der Waals surface area contributed by atoms with Crippen LogP contribution in [-0.4, -0.2) is 5.78 Å². The minimum absolute atomic E-state index is 0.00709. The average molecular weight is 274 g/mol.